The summed E-state index contributed by atoms with van der Waals surface area (Å²) in [6, 6.07) is 6.06. The molecule has 0 aliphatic heterocycles. The normalized spacial score (nSPS) is 12.7. The van der Waals surface area contributed by atoms with Crippen LogP contribution in [0.4, 0.5) is 13.2 Å². The minimum Gasteiger partial charge on any atom is -0.375 e. The number of fused-ring (bicyclic) bond motifs is 1. The van der Waals surface area contributed by atoms with Gasteiger partial charge in [-0.1, -0.05) is 12.1 Å². The van der Waals surface area contributed by atoms with Gasteiger partial charge in [-0.2, -0.15) is 21.6 Å². The largest absolute Gasteiger partial charge is 0.534 e. The summed E-state index contributed by atoms with van der Waals surface area (Å²) in [7, 11) is -5.70. The van der Waals surface area contributed by atoms with E-state index in [0.717, 1.165) is 15.4 Å². The quantitative estimate of drug-likeness (QED) is 0.485. The summed E-state index contributed by atoms with van der Waals surface area (Å²) >= 11 is 6.46. The molecule has 0 atom stereocenters. The smallest absolute Gasteiger partial charge is 0.375 e. The molecule has 0 aliphatic carbocycles. The highest BCUT2D eigenvalue weighted by molar-refractivity contribution is 9.11. The highest BCUT2D eigenvalue weighted by Gasteiger charge is 2.48. The SMILES string of the molecule is Cc1ccc2c(Br)c(OS(=O)(=O)C(F)(F)F)ccc2c1Br. The van der Waals surface area contributed by atoms with Gasteiger partial charge >= 0.3 is 15.6 Å². The molecule has 0 N–H and O–H groups in total. The van der Waals surface area contributed by atoms with Crippen molar-refractivity contribution in [2.45, 2.75) is 12.4 Å². The highest BCUT2D eigenvalue weighted by atomic mass is 79.9. The van der Waals surface area contributed by atoms with E-state index >= 15 is 0 Å². The molecule has 0 fully saturated rings. The minimum atomic E-state index is -5.70. The van der Waals surface area contributed by atoms with Crippen molar-refractivity contribution in [3.63, 3.8) is 0 Å². The Kier molecular flexibility index (Phi) is 4.29. The lowest BCUT2D eigenvalue weighted by Crippen LogP contribution is -2.28. The van der Waals surface area contributed by atoms with Gasteiger partial charge in [0.15, 0.2) is 5.75 Å². The summed E-state index contributed by atoms with van der Waals surface area (Å²) in [6.45, 7) is 1.86. The van der Waals surface area contributed by atoms with Crippen LogP contribution in [0.5, 0.6) is 5.75 Å². The lowest BCUT2D eigenvalue weighted by Gasteiger charge is -2.13. The van der Waals surface area contributed by atoms with Gasteiger partial charge in [-0.3, -0.25) is 0 Å². The molecule has 0 saturated heterocycles. The predicted octanol–water partition coefficient (Wildman–Crippen LogP) is 4.90. The fourth-order valence-corrected chi connectivity index (χ4v) is 3.26. The van der Waals surface area contributed by atoms with E-state index in [1.807, 2.05) is 6.92 Å². The Morgan fingerprint density at radius 3 is 2.10 bits per heavy atom. The van der Waals surface area contributed by atoms with Gasteiger partial charge in [-0.25, -0.2) is 0 Å². The molecule has 0 spiro atoms. The third-order valence-corrected chi connectivity index (χ3v) is 5.55. The van der Waals surface area contributed by atoms with Crippen molar-refractivity contribution in [1.82, 2.24) is 0 Å². The first-order valence-corrected chi connectivity index (χ1v) is 8.42. The maximum Gasteiger partial charge on any atom is 0.534 e. The van der Waals surface area contributed by atoms with Crippen LogP contribution < -0.4 is 4.18 Å². The Morgan fingerprint density at radius 1 is 1.00 bits per heavy atom. The maximum atomic E-state index is 12.3. The van der Waals surface area contributed by atoms with Gasteiger partial charge < -0.3 is 4.18 Å². The molecular formula is C12H7Br2F3O3S. The zero-order valence-corrected chi connectivity index (χ0v) is 14.3. The number of alkyl halides is 3. The van der Waals surface area contributed by atoms with Crippen LogP contribution in [-0.4, -0.2) is 13.9 Å². The number of benzene rings is 2. The van der Waals surface area contributed by atoms with Crippen molar-refractivity contribution >= 4 is 52.8 Å². The fourth-order valence-electron chi connectivity index (χ4n) is 1.65. The Morgan fingerprint density at radius 2 is 1.52 bits per heavy atom. The van der Waals surface area contributed by atoms with E-state index in [9.17, 15) is 21.6 Å². The van der Waals surface area contributed by atoms with Crippen molar-refractivity contribution in [1.29, 1.82) is 0 Å². The second kappa shape index (κ2) is 5.44. The summed E-state index contributed by atoms with van der Waals surface area (Å²) in [5, 5.41) is 1.25. The molecule has 0 heterocycles. The molecule has 0 amide bonds. The number of rotatable bonds is 2. The van der Waals surface area contributed by atoms with Crippen molar-refractivity contribution in [2.75, 3.05) is 0 Å². The van der Waals surface area contributed by atoms with Gasteiger partial charge in [-0.05, 0) is 61.9 Å². The standard InChI is InChI=1S/C12H7Br2F3O3S/c1-6-2-3-8-7(10(6)13)4-5-9(11(8)14)20-21(18,19)12(15,16)17/h2-5H,1H3. The van der Waals surface area contributed by atoms with E-state index in [1.54, 1.807) is 12.1 Å². The van der Waals surface area contributed by atoms with E-state index in [1.165, 1.54) is 12.1 Å². The molecule has 114 valence electrons. The Balaban J connectivity index is 2.59. The minimum absolute atomic E-state index is 0.133. The average molecular weight is 448 g/mol. The van der Waals surface area contributed by atoms with E-state index in [0.29, 0.717) is 5.39 Å². The van der Waals surface area contributed by atoms with Crippen molar-refractivity contribution in [2.24, 2.45) is 0 Å². The maximum absolute atomic E-state index is 12.3. The highest BCUT2D eigenvalue weighted by Crippen LogP contribution is 2.39. The van der Waals surface area contributed by atoms with Crippen LogP contribution in [0.2, 0.25) is 0 Å². The van der Waals surface area contributed by atoms with Crippen molar-refractivity contribution < 1.29 is 25.8 Å². The molecule has 0 radical (unpaired) electrons. The van der Waals surface area contributed by atoms with Gasteiger partial charge in [0.05, 0.1) is 4.47 Å². The molecule has 2 rings (SSSR count). The Bertz CT molecular complexity index is 817. The molecular weight excluding hydrogens is 441 g/mol. The zero-order chi connectivity index (χ0) is 16.0. The average Bonchev–Trinajstić information content (AvgIpc) is 2.35. The fraction of sp³-hybridized carbons (Fsp3) is 0.167. The van der Waals surface area contributed by atoms with Crippen LogP contribution in [0.3, 0.4) is 0 Å². The van der Waals surface area contributed by atoms with E-state index in [2.05, 4.69) is 36.0 Å². The van der Waals surface area contributed by atoms with Crippen LogP contribution in [0.25, 0.3) is 10.8 Å². The van der Waals surface area contributed by atoms with Crippen LogP contribution >= 0.6 is 31.9 Å². The summed E-state index contributed by atoms with van der Waals surface area (Å²) < 4.78 is 64.2. The molecule has 3 nitrogen and oxygen atoms in total. The van der Waals surface area contributed by atoms with Crippen LogP contribution in [0.15, 0.2) is 33.2 Å². The topological polar surface area (TPSA) is 43.4 Å². The van der Waals surface area contributed by atoms with Crippen molar-refractivity contribution in [3.8, 4) is 5.75 Å². The summed E-state index contributed by atoms with van der Waals surface area (Å²) in [4.78, 5) is 0. The lowest BCUT2D eigenvalue weighted by molar-refractivity contribution is -0.0500. The molecule has 9 heteroatoms. The summed E-state index contributed by atoms with van der Waals surface area (Å²) in [5.41, 5.74) is -4.54. The molecule has 0 aromatic heterocycles. The Hall–Kier alpha value is -0.800. The molecule has 0 bridgehead atoms. The predicted molar refractivity (Wildman–Crippen MR) is 79.7 cm³/mol. The molecule has 2 aromatic carbocycles. The Labute approximate surface area is 135 Å². The zero-order valence-electron chi connectivity index (χ0n) is 10.3. The van der Waals surface area contributed by atoms with Gasteiger partial charge in [-0.15, -0.1) is 0 Å². The van der Waals surface area contributed by atoms with Crippen molar-refractivity contribution in [3.05, 3.63) is 38.8 Å². The van der Waals surface area contributed by atoms with Gasteiger partial charge in [0, 0.05) is 9.86 Å². The number of hydrogen-bond donors (Lipinski definition) is 0. The first-order valence-electron chi connectivity index (χ1n) is 5.42. The van der Waals surface area contributed by atoms with Gasteiger partial charge in [0.2, 0.25) is 0 Å². The second-order valence-electron chi connectivity index (χ2n) is 4.15. The van der Waals surface area contributed by atoms with Gasteiger partial charge in [0.1, 0.15) is 0 Å². The van der Waals surface area contributed by atoms with Crippen LogP contribution in [0.1, 0.15) is 5.56 Å². The van der Waals surface area contributed by atoms with E-state index in [4.69, 9.17) is 0 Å². The van der Waals surface area contributed by atoms with Crippen LogP contribution in [-0.2, 0) is 10.1 Å². The second-order valence-corrected chi connectivity index (χ2v) is 7.28. The summed E-state index contributed by atoms with van der Waals surface area (Å²) in [5.74, 6) is -0.421. The molecule has 0 aliphatic rings. The monoisotopic (exact) mass is 446 g/mol. The van der Waals surface area contributed by atoms with E-state index < -0.39 is 21.4 Å². The lowest BCUT2D eigenvalue weighted by atomic mass is 10.1. The van der Waals surface area contributed by atoms with Gasteiger partial charge in [0.25, 0.3) is 0 Å². The molecule has 0 unspecified atom stereocenters. The molecule has 2 aromatic rings. The third kappa shape index (κ3) is 3.04. The number of halogens is 5. The van der Waals surface area contributed by atoms with Crippen LogP contribution in [0, 0.1) is 6.92 Å². The first-order chi connectivity index (χ1) is 9.54. The number of aryl methyl sites for hydroxylation is 1. The number of hydrogen-bond acceptors (Lipinski definition) is 3. The first kappa shape index (κ1) is 16.6. The molecule has 0 saturated carbocycles. The molecule has 21 heavy (non-hydrogen) atoms. The summed E-state index contributed by atoms with van der Waals surface area (Å²) in [6.07, 6.45) is 0. The third-order valence-electron chi connectivity index (χ3n) is 2.71. The van der Waals surface area contributed by atoms with E-state index in [-0.39, 0.29) is 4.47 Å².